The molecular weight excluding hydrogens is 368 g/mol. The van der Waals surface area contributed by atoms with Crippen LogP contribution < -0.4 is 5.32 Å². The number of carbonyl (C=O) groups excluding carboxylic acids is 1. The van der Waals surface area contributed by atoms with E-state index in [-0.39, 0.29) is 11.7 Å². The lowest BCUT2D eigenvalue weighted by atomic mass is 10.1. The quantitative estimate of drug-likeness (QED) is 0.506. The summed E-state index contributed by atoms with van der Waals surface area (Å²) in [4.78, 5) is 12.5. The highest BCUT2D eigenvalue weighted by Gasteiger charge is 2.14. The Hall–Kier alpha value is -2.86. The van der Waals surface area contributed by atoms with Crippen LogP contribution in [0.3, 0.4) is 0 Å². The van der Waals surface area contributed by atoms with E-state index in [0.717, 1.165) is 38.7 Å². The van der Waals surface area contributed by atoms with E-state index >= 15 is 0 Å². The number of pyridine rings is 1. The molecule has 5 nitrogen and oxygen atoms in total. The molecule has 0 saturated carbocycles. The minimum Gasteiger partial charge on any atom is -0.325 e. The summed E-state index contributed by atoms with van der Waals surface area (Å²) in [5.74, 6) is 0.217. The molecule has 4 aromatic rings. The van der Waals surface area contributed by atoms with Crippen LogP contribution in [0.5, 0.6) is 0 Å². The van der Waals surface area contributed by atoms with Gasteiger partial charge in [0.25, 0.3) is 0 Å². The Morgan fingerprint density at radius 1 is 1.00 bits per heavy atom. The van der Waals surface area contributed by atoms with Crippen LogP contribution in [0.2, 0.25) is 0 Å². The summed E-state index contributed by atoms with van der Waals surface area (Å²) >= 11 is 1.40. The molecule has 0 bridgehead atoms. The molecule has 142 valence electrons. The lowest BCUT2D eigenvalue weighted by Gasteiger charge is -2.10. The van der Waals surface area contributed by atoms with Crippen LogP contribution in [0.25, 0.3) is 16.6 Å². The molecule has 0 spiro atoms. The highest BCUT2D eigenvalue weighted by molar-refractivity contribution is 7.99. The van der Waals surface area contributed by atoms with E-state index in [9.17, 15) is 4.79 Å². The van der Waals surface area contributed by atoms with Gasteiger partial charge in [0.15, 0.2) is 10.8 Å². The molecule has 2 aromatic carbocycles. The molecule has 0 aliphatic heterocycles. The molecule has 1 N–H and O–H groups in total. The number of nitrogens with one attached hydrogen (secondary N) is 1. The van der Waals surface area contributed by atoms with Gasteiger partial charge in [0.05, 0.1) is 11.3 Å². The highest BCUT2D eigenvalue weighted by atomic mass is 32.2. The third-order valence-electron chi connectivity index (χ3n) is 4.73. The van der Waals surface area contributed by atoms with Crippen molar-refractivity contribution in [2.24, 2.45) is 0 Å². The van der Waals surface area contributed by atoms with Gasteiger partial charge in [-0.05, 0) is 68.1 Å². The SMILES string of the molecule is Cc1cc(C)cc(NC(=O)CSc2nnc3cc(C)c4cccc(C)c4n23)c1. The Morgan fingerprint density at radius 2 is 1.75 bits per heavy atom. The van der Waals surface area contributed by atoms with Crippen molar-refractivity contribution in [2.75, 3.05) is 11.1 Å². The number of amides is 1. The summed E-state index contributed by atoms with van der Waals surface area (Å²) in [7, 11) is 0. The molecule has 0 aliphatic carbocycles. The number of benzene rings is 2. The molecule has 4 rings (SSSR count). The van der Waals surface area contributed by atoms with Gasteiger partial charge < -0.3 is 5.32 Å². The number of para-hydroxylation sites is 1. The lowest BCUT2D eigenvalue weighted by Crippen LogP contribution is -2.14. The molecule has 0 atom stereocenters. The minimum absolute atomic E-state index is 0.0557. The van der Waals surface area contributed by atoms with Crippen LogP contribution in [0.15, 0.2) is 47.6 Å². The standard InChI is InChI=1S/C22H22N4OS/c1-13-8-14(2)10-17(9-13)23-20(27)12-28-22-25-24-19-11-16(4)18-7-5-6-15(3)21(18)26(19)22/h5-11H,12H2,1-4H3,(H,23,27). The van der Waals surface area contributed by atoms with Crippen molar-refractivity contribution in [3.05, 3.63) is 64.7 Å². The van der Waals surface area contributed by atoms with Crippen molar-refractivity contribution in [1.82, 2.24) is 14.6 Å². The fourth-order valence-electron chi connectivity index (χ4n) is 3.60. The number of fused-ring (bicyclic) bond motifs is 3. The smallest absolute Gasteiger partial charge is 0.234 e. The van der Waals surface area contributed by atoms with Gasteiger partial charge >= 0.3 is 0 Å². The maximum Gasteiger partial charge on any atom is 0.234 e. The number of hydrogen-bond acceptors (Lipinski definition) is 4. The number of rotatable bonds is 4. The second-order valence-corrected chi connectivity index (χ2v) is 8.13. The largest absolute Gasteiger partial charge is 0.325 e. The van der Waals surface area contributed by atoms with Gasteiger partial charge in [-0.2, -0.15) is 0 Å². The average molecular weight is 391 g/mol. The predicted molar refractivity (Wildman–Crippen MR) is 115 cm³/mol. The summed E-state index contributed by atoms with van der Waals surface area (Å²) in [5, 5.41) is 13.5. The molecule has 0 aliphatic rings. The van der Waals surface area contributed by atoms with Gasteiger partial charge in [-0.3, -0.25) is 9.20 Å². The average Bonchev–Trinajstić information content (AvgIpc) is 3.02. The zero-order valence-corrected chi connectivity index (χ0v) is 17.2. The number of carbonyl (C=O) groups is 1. The maximum absolute atomic E-state index is 12.5. The molecule has 0 radical (unpaired) electrons. The maximum atomic E-state index is 12.5. The second kappa shape index (κ2) is 7.28. The number of aryl methyl sites for hydroxylation is 4. The molecule has 0 fully saturated rings. The number of hydrogen-bond donors (Lipinski definition) is 1. The van der Waals surface area contributed by atoms with Crippen LogP contribution >= 0.6 is 11.8 Å². The molecule has 2 heterocycles. The Balaban J connectivity index is 1.61. The first-order chi connectivity index (χ1) is 13.4. The van der Waals surface area contributed by atoms with E-state index in [2.05, 4.69) is 53.6 Å². The van der Waals surface area contributed by atoms with E-state index < -0.39 is 0 Å². The van der Waals surface area contributed by atoms with Crippen molar-refractivity contribution < 1.29 is 4.79 Å². The fraction of sp³-hybridized carbons (Fsp3) is 0.227. The van der Waals surface area contributed by atoms with E-state index in [1.165, 1.54) is 22.7 Å². The molecule has 0 saturated heterocycles. The Morgan fingerprint density at radius 3 is 2.50 bits per heavy atom. The summed E-state index contributed by atoms with van der Waals surface area (Å²) in [5.41, 5.74) is 7.31. The topological polar surface area (TPSA) is 59.3 Å². The van der Waals surface area contributed by atoms with Gasteiger partial charge in [0.1, 0.15) is 0 Å². The first-order valence-electron chi connectivity index (χ1n) is 9.17. The zero-order chi connectivity index (χ0) is 19.8. The van der Waals surface area contributed by atoms with Crippen LogP contribution in [-0.4, -0.2) is 26.3 Å². The molecule has 0 unspecified atom stereocenters. The van der Waals surface area contributed by atoms with Crippen molar-refractivity contribution in [2.45, 2.75) is 32.9 Å². The van der Waals surface area contributed by atoms with Gasteiger partial charge in [-0.1, -0.05) is 36.0 Å². The van der Waals surface area contributed by atoms with Gasteiger partial charge in [-0.15, -0.1) is 10.2 Å². The molecule has 28 heavy (non-hydrogen) atoms. The normalized spacial score (nSPS) is 11.3. The first kappa shape index (κ1) is 18.5. The predicted octanol–water partition coefficient (Wildman–Crippen LogP) is 4.85. The van der Waals surface area contributed by atoms with Crippen molar-refractivity contribution in [3.8, 4) is 0 Å². The molecule has 6 heteroatoms. The van der Waals surface area contributed by atoms with Crippen LogP contribution in [0.1, 0.15) is 22.3 Å². The molecule has 2 aromatic heterocycles. The van der Waals surface area contributed by atoms with Crippen molar-refractivity contribution >= 4 is 39.9 Å². The Labute approximate surface area is 168 Å². The highest BCUT2D eigenvalue weighted by Crippen LogP contribution is 2.28. The van der Waals surface area contributed by atoms with Crippen molar-refractivity contribution in [1.29, 1.82) is 0 Å². The minimum atomic E-state index is -0.0557. The lowest BCUT2D eigenvalue weighted by molar-refractivity contribution is -0.113. The molecule has 1 amide bonds. The van der Waals surface area contributed by atoms with Crippen LogP contribution in [0, 0.1) is 27.7 Å². The van der Waals surface area contributed by atoms with E-state index in [1.54, 1.807) is 0 Å². The first-order valence-corrected chi connectivity index (χ1v) is 10.2. The number of thioether (sulfide) groups is 1. The van der Waals surface area contributed by atoms with E-state index in [1.807, 2.05) is 36.4 Å². The van der Waals surface area contributed by atoms with E-state index in [0.29, 0.717) is 0 Å². The van der Waals surface area contributed by atoms with Crippen LogP contribution in [0.4, 0.5) is 5.69 Å². The number of aromatic nitrogens is 3. The number of anilines is 1. The van der Waals surface area contributed by atoms with Gasteiger partial charge in [0, 0.05) is 11.1 Å². The molecular formula is C22H22N4OS. The zero-order valence-electron chi connectivity index (χ0n) is 16.4. The summed E-state index contributed by atoms with van der Waals surface area (Å²) in [6.07, 6.45) is 0. The third-order valence-corrected chi connectivity index (χ3v) is 5.66. The second-order valence-electron chi connectivity index (χ2n) is 7.19. The Bertz CT molecular complexity index is 1190. The van der Waals surface area contributed by atoms with E-state index in [4.69, 9.17) is 0 Å². The third kappa shape index (κ3) is 3.47. The van der Waals surface area contributed by atoms with Crippen LogP contribution in [-0.2, 0) is 4.79 Å². The summed E-state index contributed by atoms with van der Waals surface area (Å²) in [6.45, 7) is 8.22. The fourth-order valence-corrected chi connectivity index (χ4v) is 4.34. The van der Waals surface area contributed by atoms with Crippen molar-refractivity contribution in [3.63, 3.8) is 0 Å². The summed E-state index contributed by atoms with van der Waals surface area (Å²) in [6, 6.07) is 14.3. The monoisotopic (exact) mass is 390 g/mol. The van der Waals surface area contributed by atoms with Gasteiger partial charge in [0.2, 0.25) is 5.91 Å². The Kier molecular flexibility index (Phi) is 4.81. The summed E-state index contributed by atoms with van der Waals surface area (Å²) < 4.78 is 2.05. The number of nitrogens with zero attached hydrogens (tertiary/aromatic N) is 3. The van der Waals surface area contributed by atoms with Gasteiger partial charge in [-0.25, -0.2) is 0 Å².